The van der Waals surface area contributed by atoms with Crippen molar-refractivity contribution in [3.8, 4) is 0 Å². The summed E-state index contributed by atoms with van der Waals surface area (Å²) in [4.78, 5) is 24.1. The maximum Gasteiger partial charge on any atom is 0.243 e. The van der Waals surface area contributed by atoms with Gasteiger partial charge in [0.25, 0.3) is 0 Å². The summed E-state index contributed by atoms with van der Waals surface area (Å²) in [6.45, 7) is -0.182. The van der Waals surface area contributed by atoms with Crippen LogP contribution in [0.3, 0.4) is 0 Å². The molecule has 0 aliphatic carbocycles. The van der Waals surface area contributed by atoms with Gasteiger partial charge in [0.15, 0.2) is 0 Å². The van der Waals surface area contributed by atoms with Crippen LogP contribution in [-0.2, 0) is 16.0 Å². The van der Waals surface area contributed by atoms with Crippen molar-refractivity contribution in [2.45, 2.75) is 6.42 Å². The number of benzene rings is 3. The summed E-state index contributed by atoms with van der Waals surface area (Å²) in [7, 11) is 0. The molecule has 0 unspecified atom stereocenters. The number of carbonyl (C=O) groups is 2. The lowest BCUT2D eigenvalue weighted by Crippen LogP contribution is -2.33. The van der Waals surface area contributed by atoms with E-state index in [0.29, 0.717) is 5.69 Å². The predicted molar refractivity (Wildman–Crippen MR) is 101 cm³/mol. The van der Waals surface area contributed by atoms with Crippen molar-refractivity contribution >= 4 is 39.9 Å². The Kier molecular flexibility index (Phi) is 5.49. The molecule has 0 aliphatic heterocycles. The van der Waals surface area contributed by atoms with Crippen molar-refractivity contribution in [1.82, 2.24) is 5.32 Å². The number of hydrogen-bond acceptors (Lipinski definition) is 2. The van der Waals surface area contributed by atoms with Crippen LogP contribution in [0.25, 0.3) is 10.8 Å². The van der Waals surface area contributed by atoms with E-state index in [4.69, 9.17) is 11.6 Å². The highest BCUT2D eigenvalue weighted by Gasteiger charge is 2.10. The number of nitrogens with one attached hydrogen (secondary N) is 2. The van der Waals surface area contributed by atoms with E-state index in [2.05, 4.69) is 10.6 Å². The summed E-state index contributed by atoms with van der Waals surface area (Å²) in [5.41, 5.74) is 1.26. The third-order valence-electron chi connectivity index (χ3n) is 3.88. The minimum atomic E-state index is -0.562. The number of hydrogen-bond donors (Lipinski definition) is 2. The van der Waals surface area contributed by atoms with Crippen molar-refractivity contribution in [3.63, 3.8) is 0 Å². The van der Waals surface area contributed by atoms with Crippen LogP contribution < -0.4 is 10.6 Å². The molecule has 2 amide bonds. The molecule has 0 bridgehead atoms. The zero-order chi connectivity index (χ0) is 18.5. The van der Waals surface area contributed by atoms with Gasteiger partial charge in [0.1, 0.15) is 5.82 Å². The highest BCUT2D eigenvalue weighted by molar-refractivity contribution is 6.31. The van der Waals surface area contributed by atoms with Gasteiger partial charge in [0.2, 0.25) is 11.8 Å². The van der Waals surface area contributed by atoms with Crippen LogP contribution in [0.1, 0.15) is 5.56 Å². The molecule has 2 N–H and O–H groups in total. The molecule has 4 nitrogen and oxygen atoms in total. The fraction of sp³-hybridized carbons (Fsp3) is 0.100. The summed E-state index contributed by atoms with van der Waals surface area (Å²) < 4.78 is 13.1. The van der Waals surface area contributed by atoms with E-state index >= 15 is 0 Å². The topological polar surface area (TPSA) is 58.2 Å². The van der Waals surface area contributed by atoms with Gasteiger partial charge in [-0.25, -0.2) is 4.39 Å². The van der Waals surface area contributed by atoms with E-state index in [0.717, 1.165) is 22.4 Å². The lowest BCUT2D eigenvalue weighted by Gasteiger charge is -2.09. The molecule has 3 aromatic carbocycles. The molecule has 3 rings (SSSR count). The molecular weight excluding hydrogens is 355 g/mol. The molecular formula is C20H16ClFN2O2. The van der Waals surface area contributed by atoms with E-state index < -0.39 is 11.7 Å². The summed E-state index contributed by atoms with van der Waals surface area (Å²) in [6.07, 6.45) is 0.178. The Morgan fingerprint density at radius 2 is 1.73 bits per heavy atom. The van der Waals surface area contributed by atoms with Crippen molar-refractivity contribution in [3.05, 3.63) is 77.1 Å². The van der Waals surface area contributed by atoms with E-state index in [1.807, 2.05) is 42.5 Å². The van der Waals surface area contributed by atoms with Crippen LogP contribution in [0.4, 0.5) is 10.1 Å². The average molecular weight is 371 g/mol. The smallest absolute Gasteiger partial charge is 0.243 e. The first kappa shape index (κ1) is 17.9. The normalized spacial score (nSPS) is 10.5. The van der Waals surface area contributed by atoms with E-state index in [-0.39, 0.29) is 23.9 Å². The number of carbonyl (C=O) groups excluding carboxylic acids is 2. The fourth-order valence-corrected chi connectivity index (χ4v) is 2.82. The van der Waals surface area contributed by atoms with Crippen LogP contribution in [0, 0.1) is 5.82 Å². The molecule has 0 aliphatic rings. The zero-order valence-corrected chi connectivity index (χ0v) is 14.5. The van der Waals surface area contributed by atoms with Gasteiger partial charge in [-0.05, 0) is 34.5 Å². The first-order chi connectivity index (χ1) is 12.5. The van der Waals surface area contributed by atoms with Crippen molar-refractivity contribution < 1.29 is 14.0 Å². The fourth-order valence-electron chi connectivity index (χ4n) is 2.64. The molecule has 0 radical (unpaired) electrons. The first-order valence-electron chi connectivity index (χ1n) is 8.01. The molecule has 0 saturated heterocycles. The summed E-state index contributed by atoms with van der Waals surface area (Å²) in [6, 6.07) is 17.5. The molecule has 0 saturated carbocycles. The van der Waals surface area contributed by atoms with Crippen molar-refractivity contribution in [1.29, 1.82) is 0 Å². The van der Waals surface area contributed by atoms with Crippen LogP contribution in [-0.4, -0.2) is 18.4 Å². The van der Waals surface area contributed by atoms with Gasteiger partial charge in [0.05, 0.1) is 18.0 Å². The monoisotopic (exact) mass is 370 g/mol. The van der Waals surface area contributed by atoms with Gasteiger partial charge < -0.3 is 10.6 Å². The molecule has 0 spiro atoms. The largest absolute Gasteiger partial charge is 0.347 e. The number of amides is 2. The molecule has 0 aromatic heterocycles. The number of fused-ring (bicyclic) bond motifs is 1. The molecule has 26 heavy (non-hydrogen) atoms. The maximum atomic E-state index is 13.1. The Labute approximate surface area is 155 Å². The van der Waals surface area contributed by atoms with Gasteiger partial charge in [-0.1, -0.05) is 54.1 Å². The highest BCUT2D eigenvalue weighted by Crippen LogP contribution is 2.20. The third kappa shape index (κ3) is 4.37. The standard InChI is InChI=1S/C20H16ClFN2O2/c21-17-11-15(8-9-18(17)22)24-20(26)12-23-19(25)10-14-6-3-5-13-4-1-2-7-16(13)14/h1-9,11H,10,12H2,(H,23,25)(H,24,26). The predicted octanol–water partition coefficient (Wildman–Crippen LogP) is 3.93. The second kappa shape index (κ2) is 7.97. The lowest BCUT2D eigenvalue weighted by molar-refractivity contribution is -0.123. The zero-order valence-electron chi connectivity index (χ0n) is 13.8. The molecule has 132 valence electrons. The number of rotatable bonds is 5. The van der Waals surface area contributed by atoms with Gasteiger partial charge in [-0.2, -0.15) is 0 Å². The van der Waals surface area contributed by atoms with E-state index in [1.54, 1.807) is 0 Å². The van der Waals surface area contributed by atoms with Crippen molar-refractivity contribution in [2.75, 3.05) is 11.9 Å². The Morgan fingerprint density at radius 1 is 0.962 bits per heavy atom. The molecule has 0 heterocycles. The van der Waals surface area contributed by atoms with E-state index in [1.165, 1.54) is 12.1 Å². The van der Waals surface area contributed by atoms with Crippen LogP contribution in [0.15, 0.2) is 60.7 Å². The minimum Gasteiger partial charge on any atom is -0.347 e. The Morgan fingerprint density at radius 3 is 2.54 bits per heavy atom. The van der Waals surface area contributed by atoms with Crippen LogP contribution in [0.5, 0.6) is 0 Å². The number of halogens is 2. The maximum absolute atomic E-state index is 13.1. The quantitative estimate of drug-likeness (QED) is 0.715. The first-order valence-corrected chi connectivity index (χ1v) is 8.39. The molecule has 6 heteroatoms. The van der Waals surface area contributed by atoms with E-state index in [9.17, 15) is 14.0 Å². The lowest BCUT2D eigenvalue weighted by atomic mass is 10.0. The minimum absolute atomic E-state index is 0.0807. The Balaban J connectivity index is 1.56. The van der Waals surface area contributed by atoms with Gasteiger partial charge >= 0.3 is 0 Å². The highest BCUT2D eigenvalue weighted by atomic mass is 35.5. The summed E-state index contributed by atoms with van der Waals surface area (Å²) in [5, 5.41) is 7.13. The second-order valence-electron chi connectivity index (χ2n) is 5.77. The van der Waals surface area contributed by atoms with Crippen LogP contribution >= 0.6 is 11.6 Å². The molecule has 0 atom stereocenters. The Hall–Kier alpha value is -2.92. The molecule has 0 fully saturated rings. The molecule has 3 aromatic rings. The van der Waals surface area contributed by atoms with Gasteiger partial charge in [-0.15, -0.1) is 0 Å². The third-order valence-corrected chi connectivity index (χ3v) is 4.17. The average Bonchev–Trinajstić information content (AvgIpc) is 2.63. The SMILES string of the molecule is O=C(Cc1cccc2ccccc12)NCC(=O)Nc1ccc(F)c(Cl)c1. The summed E-state index contributed by atoms with van der Waals surface area (Å²) >= 11 is 5.67. The van der Waals surface area contributed by atoms with Gasteiger partial charge in [0, 0.05) is 5.69 Å². The second-order valence-corrected chi connectivity index (χ2v) is 6.18. The van der Waals surface area contributed by atoms with Crippen molar-refractivity contribution in [2.24, 2.45) is 0 Å². The van der Waals surface area contributed by atoms with Crippen LogP contribution in [0.2, 0.25) is 5.02 Å². The number of anilines is 1. The summed E-state index contributed by atoms with van der Waals surface area (Å²) in [5.74, 6) is -1.24. The van der Waals surface area contributed by atoms with Gasteiger partial charge in [-0.3, -0.25) is 9.59 Å². The Bertz CT molecular complexity index is 970.